The lowest BCUT2D eigenvalue weighted by Gasteiger charge is -2.15. The predicted molar refractivity (Wildman–Crippen MR) is 105 cm³/mol. The van der Waals surface area contributed by atoms with E-state index in [1.165, 1.54) is 25.1 Å². The molecule has 1 amide bonds. The minimum Gasteiger partial charge on any atom is -0.490 e. The van der Waals surface area contributed by atoms with Crippen molar-refractivity contribution in [3.05, 3.63) is 63.5 Å². The van der Waals surface area contributed by atoms with Crippen molar-refractivity contribution in [2.75, 3.05) is 6.61 Å². The van der Waals surface area contributed by atoms with Crippen LogP contribution in [0, 0.1) is 5.82 Å². The Bertz CT molecular complexity index is 913. The van der Waals surface area contributed by atoms with E-state index in [9.17, 15) is 19.1 Å². The van der Waals surface area contributed by atoms with Crippen LogP contribution < -0.4 is 14.8 Å². The predicted octanol–water partition coefficient (Wildman–Crippen LogP) is 4.13. The number of ether oxygens (including phenoxy) is 2. The number of carboxylic acids is 1. The summed E-state index contributed by atoms with van der Waals surface area (Å²) >= 11 is 3.39. The van der Waals surface area contributed by atoms with Crippen molar-refractivity contribution in [3.63, 3.8) is 0 Å². The fraction of sp³-hybridized carbons (Fsp3) is 0.200. The molecule has 0 saturated carbocycles. The molecule has 0 bridgehead atoms. The summed E-state index contributed by atoms with van der Waals surface area (Å²) < 4.78 is 25.2. The van der Waals surface area contributed by atoms with Crippen LogP contribution in [0.25, 0.3) is 6.08 Å². The number of carboxylic acid groups (broad SMARTS) is 1. The Kier molecular flexibility index (Phi) is 7.57. The van der Waals surface area contributed by atoms with Crippen LogP contribution in [0.15, 0.2) is 46.6 Å². The van der Waals surface area contributed by atoms with Crippen LogP contribution in [0.2, 0.25) is 0 Å². The highest BCUT2D eigenvalue weighted by Crippen LogP contribution is 2.38. The van der Waals surface area contributed by atoms with Gasteiger partial charge in [0.2, 0.25) is 5.91 Å². The Balaban J connectivity index is 2.34. The van der Waals surface area contributed by atoms with E-state index in [2.05, 4.69) is 21.2 Å². The number of carbonyl (C=O) groups excluding carboxylic acids is 1. The van der Waals surface area contributed by atoms with E-state index in [0.717, 1.165) is 0 Å². The number of nitrogens with one attached hydrogen (secondary N) is 1. The average molecular weight is 452 g/mol. The summed E-state index contributed by atoms with van der Waals surface area (Å²) in [6, 6.07) is 9.28. The molecule has 0 radical (unpaired) electrons. The first-order chi connectivity index (χ1) is 13.3. The van der Waals surface area contributed by atoms with Gasteiger partial charge in [-0.3, -0.25) is 4.79 Å². The second-order valence-corrected chi connectivity index (χ2v) is 6.58. The molecule has 0 atom stereocenters. The topological polar surface area (TPSA) is 84.9 Å². The molecule has 0 aliphatic carbocycles. The van der Waals surface area contributed by atoms with E-state index in [1.54, 1.807) is 31.2 Å². The number of carbonyl (C=O) groups is 2. The molecule has 148 valence electrons. The number of hydrogen-bond acceptors (Lipinski definition) is 4. The third-order valence-electron chi connectivity index (χ3n) is 3.46. The van der Waals surface area contributed by atoms with Crippen LogP contribution in [0.3, 0.4) is 0 Å². The molecule has 6 nitrogen and oxygen atoms in total. The van der Waals surface area contributed by atoms with Gasteiger partial charge < -0.3 is 19.9 Å². The van der Waals surface area contributed by atoms with E-state index in [-0.39, 0.29) is 18.1 Å². The molecular weight excluding hydrogens is 433 g/mol. The number of amides is 1. The lowest BCUT2D eigenvalue weighted by atomic mass is 10.1. The minimum atomic E-state index is -1.27. The molecule has 0 heterocycles. The normalized spacial score (nSPS) is 11.1. The molecule has 0 aliphatic heterocycles. The SMILES string of the molecule is CCOc1cc(/C=C(/NC(C)=O)C(=O)O)cc(Br)c1OCc1cccc(F)c1. The van der Waals surface area contributed by atoms with Crippen LogP contribution in [-0.4, -0.2) is 23.6 Å². The third kappa shape index (κ3) is 6.09. The summed E-state index contributed by atoms with van der Waals surface area (Å²) in [5.74, 6) is -1.33. The molecular formula is C20H19BrFNO5. The van der Waals surface area contributed by atoms with Crippen molar-refractivity contribution in [2.24, 2.45) is 0 Å². The summed E-state index contributed by atoms with van der Waals surface area (Å²) in [6.07, 6.45) is 1.31. The molecule has 0 fully saturated rings. The quantitative estimate of drug-likeness (QED) is 0.589. The maximum Gasteiger partial charge on any atom is 0.352 e. The van der Waals surface area contributed by atoms with Gasteiger partial charge in [0.1, 0.15) is 18.1 Å². The number of benzene rings is 2. The first-order valence-electron chi connectivity index (χ1n) is 8.36. The number of aliphatic carboxylic acids is 1. The van der Waals surface area contributed by atoms with Crippen molar-refractivity contribution in [3.8, 4) is 11.5 Å². The fourth-order valence-corrected chi connectivity index (χ4v) is 2.94. The van der Waals surface area contributed by atoms with Crippen molar-refractivity contribution >= 4 is 33.9 Å². The lowest BCUT2D eigenvalue weighted by Crippen LogP contribution is -2.24. The Labute approximate surface area is 170 Å². The zero-order chi connectivity index (χ0) is 20.7. The molecule has 8 heteroatoms. The Morgan fingerprint density at radius 3 is 2.61 bits per heavy atom. The number of hydrogen-bond donors (Lipinski definition) is 2. The smallest absolute Gasteiger partial charge is 0.352 e. The first-order valence-corrected chi connectivity index (χ1v) is 9.15. The largest absolute Gasteiger partial charge is 0.490 e. The molecule has 2 aromatic carbocycles. The average Bonchev–Trinajstić information content (AvgIpc) is 2.60. The van der Waals surface area contributed by atoms with Crippen LogP contribution >= 0.6 is 15.9 Å². The Hall–Kier alpha value is -2.87. The van der Waals surface area contributed by atoms with E-state index < -0.39 is 11.9 Å². The van der Waals surface area contributed by atoms with Gasteiger partial charge in [0.15, 0.2) is 11.5 Å². The highest BCUT2D eigenvalue weighted by molar-refractivity contribution is 9.10. The second kappa shape index (κ2) is 9.89. The highest BCUT2D eigenvalue weighted by atomic mass is 79.9. The number of halogens is 2. The molecule has 28 heavy (non-hydrogen) atoms. The zero-order valence-corrected chi connectivity index (χ0v) is 16.9. The van der Waals surface area contributed by atoms with Gasteiger partial charge in [0.25, 0.3) is 0 Å². The van der Waals surface area contributed by atoms with Gasteiger partial charge >= 0.3 is 5.97 Å². The van der Waals surface area contributed by atoms with Gasteiger partial charge in [-0.05, 0) is 64.3 Å². The standard InChI is InChI=1S/C20H19BrFNO5/c1-3-27-18-10-14(9-17(20(25)26)23-12(2)24)8-16(21)19(18)28-11-13-5-4-6-15(22)7-13/h4-10H,3,11H2,1-2H3,(H,23,24)(H,25,26)/b17-9+. The molecule has 0 spiro atoms. The van der Waals surface area contributed by atoms with Gasteiger partial charge in [-0.1, -0.05) is 12.1 Å². The highest BCUT2D eigenvalue weighted by Gasteiger charge is 2.15. The summed E-state index contributed by atoms with van der Waals surface area (Å²) in [4.78, 5) is 22.5. The van der Waals surface area contributed by atoms with E-state index in [1.807, 2.05) is 0 Å². The van der Waals surface area contributed by atoms with Crippen LogP contribution in [0.4, 0.5) is 4.39 Å². The maximum absolute atomic E-state index is 13.3. The molecule has 2 aromatic rings. The van der Waals surface area contributed by atoms with Gasteiger partial charge in [0.05, 0.1) is 11.1 Å². The van der Waals surface area contributed by atoms with Crippen LogP contribution in [0.1, 0.15) is 25.0 Å². The molecule has 0 aliphatic rings. The van der Waals surface area contributed by atoms with E-state index in [4.69, 9.17) is 9.47 Å². The first kappa shape index (κ1) is 21.4. The summed E-state index contributed by atoms with van der Waals surface area (Å²) in [7, 11) is 0. The van der Waals surface area contributed by atoms with Gasteiger partial charge in [-0.2, -0.15) is 0 Å². The second-order valence-electron chi connectivity index (χ2n) is 5.73. The van der Waals surface area contributed by atoms with Gasteiger partial charge in [-0.25, -0.2) is 9.18 Å². The molecule has 2 rings (SSSR count). The summed E-state index contributed by atoms with van der Waals surface area (Å²) in [6.45, 7) is 3.50. The zero-order valence-electron chi connectivity index (χ0n) is 15.3. The third-order valence-corrected chi connectivity index (χ3v) is 4.05. The molecule has 2 N–H and O–H groups in total. The van der Waals surface area contributed by atoms with Gasteiger partial charge in [0, 0.05) is 6.92 Å². The number of rotatable bonds is 8. The molecule has 0 aromatic heterocycles. The molecule has 0 unspecified atom stereocenters. The van der Waals surface area contributed by atoms with Gasteiger partial charge in [-0.15, -0.1) is 0 Å². The monoisotopic (exact) mass is 451 g/mol. The maximum atomic E-state index is 13.3. The summed E-state index contributed by atoms with van der Waals surface area (Å²) in [5.41, 5.74) is 0.868. The van der Waals surface area contributed by atoms with E-state index >= 15 is 0 Å². The van der Waals surface area contributed by atoms with Crippen molar-refractivity contribution in [1.29, 1.82) is 0 Å². The van der Waals surface area contributed by atoms with E-state index in [0.29, 0.717) is 33.7 Å². The molecule has 0 saturated heterocycles. The Morgan fingerprint density at radius 1 is 1.25 bits per heavy atom. The summed E-state index contributed by atoms with van der Waals surface area (Å²) in [5, 5.41) is 11.5. The minimum absolute atomic E-state index is 0.123. The Morgan fingerprint density at radius 2 is 2.00 bits per heavy atom. The van der Waals surface area contributed by atoms with Crippen LogP contribution in [-0.2, 0) is 16.2 Å². The van der Waals surface area contributed by atoms with Crippen molar-refractivity contribution in [1.82, 2.24) is 5.32 Å². The van der Waals surface area contributed by atoms with Crippen molar-refractivity contribution < 1.29 is 28.6 Å². The van der Waals surface area contributed by atoms with Crippen molar-refractivity contribution in [2.45, 2.75) is 20.5 Å². The fourth-order valence-electron chi connectivity index (χ4n) is 2.36. The van der Waals surface area contributed by atoms with Crippen LogP contribution in [0.5, 0.6) is 11.5 Å². The lowest BCUT2D eigenvalue weighted by molar-refractivity contribution is -0.134.